The Kier molecular flexibility index (Phi) is 5.51. The van der Waals surface area contributed by atoms with Crippen LogP contribution in [0.4, 0.5) is 11.6 Å². The van der Waals surface area contributed by atoms with Gasteiger partial charge in [0, 0.05) is 23.4 Å². The Hall–Kier alpha value is -3.43. The van der Waals surface area contributed by atoms with Gasteiger partial charge in [-0.1, -0.05) is 41.9 Å². The molecule has 0 radical (unpaired) electrons. The van der Waals surface area contributed by atoms with Crippen molar-refractivity contribution in [3.8, 4) is 0 Å². The standard InChI is InChI=1S/C23H16BrClN6O2/c1-2-30-20-17(9-15(25)11-27-20)19(22(30)32)29-28-18-16-8-14(24)10-26-21(16)31(23(18)33)12-13-6-4-3-5-7-13/h3-11H,2,12H2,1H3/b28-18-,29-19-. The molecule has 8 nitrogen and oxygen atoms in total. The molecule has 2 aliphatic heterocycles. The van der Waals surface area contributed by atoms with Gasteiger partial charge in [0.15, 0.2) is 11.4 Å². The van der Waals surface area contributed by atoms with Gasteiger partial charge in [0.25, 0.3) is 11.8 Å². The molecular weight excluding hydrogens is 508 g/mol. The second kappa shape index (κ2) is 8.49. The fourth-order valence-corrected chi connectivity index (χ4v) is 4.31. The maximum atomic E-state index is 13.3. The number of halogens is 2. The van der Waals surface area contributed by atoms with Crippen molar-refractivity contribution in [2.75, 3.05) is 16.3 Å². The molecule has 0 N–H and O–H groups in total. The minimum absolute atomic E-state index is 0.0909. The zero-order chi connectivity index (χ0) is 23.1. The fourth-order valence-electron chi connectivity index (χ4n) is 3.82. The Morgan fingerprint density at radius 1 is 0.909 bits per heavy atom. The summed E-state index contributed by atoms with van der Waals surface area (Å²) in [5, 5.41) is 8.83. The number of nitrogens with zero attached hydrogens (tertiary/aromatic N) is 6. The van der Waals surface area contributed by atoms with Crippen LogP contribution in [0.1, 0.15) is 23.6 Å². The summed E-state index contributed by atoms with van der Waals surface area (Å²) in [5.74, 6) is 0.278. The molecule has 0 atom stereocenters. The topological polar surface area (TPSA) is 91.1 Å². The Morgan fingerprint density at radius 2 is 1.52 bits per heavy atom. The van der Waals surface area contributed by atoms with Crippen molar-refractivity contribution < 1.29 is 9.59 Å². The molecule has 10 heteroatoms. The van der Waals surface area contributed by atoms with Crippen LogP contribution in [-0.2, 0) is 16.1 Å². The first-order chi connectivity index (χ1) is 16.0. The number of aromatic nitrogens is 2. The molecule has 2 amide bonds. The highest BCUT2D eigenvalue weighted by Gasteiger charge is 2.37. The van der Waals surface area contributed by atoms with Gasteiger partial charge in [-0.2, -0.15) is 0 Å². The third-order valence-corrected chi connectivity index (χ3v) is 5.97. The minimum Gasteiger partial charge on any atom is -0.291 e. The Balaban J connectivity index is 1.58. The predicted molar refractivity (Wildman–Crippen MR) is 130 cm³/mol. The van der Waals surface area contributed by atoms with E-state index in [0.717, 1.165) is 5.56 Å². The van der Waals surface area contributed by atoms with Crippen molar-refractivity contribution in [1.29, 1.82) is 0 Å². The van der Waals surface area contributed by atoms with Gasteiger partial charge in [0.2, 0.25) is 0 Å². The molecule has 0 bridgehead atoms. The number of hydrogen-bond donors (Lipinski definition) is 0. The molecule has 33 heavy (non-hydrogen) atoms. The fraction of sp³-hybridized carbons (Fsp3) is 0.130. The molecule has 0 saturated carbocycles. The van der Waals surface area contributed by atoms with Crippen LogP contribution in [0.3, 0.4) is 0 Å². The molecule has 0 fully saturated rings. The second-order valence-electron chi connectivity index (χ2n) is 7.37. The van der Waals surface area contributed by atoms with Gasteiger partial charge in [0.05, 0.1) is 22.7 Å². The molecule has 1 aromatic carbocycles. The normalized spacial score (nSPS) is 17.3. The van der Waals surface area contributed by atoms with E-state index in [9.17, 15) is 9.59 Å². The highest BCUT2D eigenvalue weighted by molar-refractivity contribution is 9.10. The first-order valence-electron chi connectivity index (χ1n) is 10.1. The quantitative estimate of drug-likeness (QED) is 0.483. The van der Waals surface area contributed by atoms with E-state index in [1.54, 1.807) is 23.2 Å². The molecule has 4 heterocycles. The van der Waals surface area contributed by atoms with Gasteiger partial charge in [0.1, 0.15) is 11.6 Å². The van der Waals surface area contributed by atoms with Crippen LogP contribution in [0, 0.1) is 0 Å². The van der Waals surface area contributed by atoms with Crippen molar-refractivity contribution in [3.05, 3.63) is 81.0 Å². The van der Waals surface area contributed by atoms with E-state index < -0.39 is 0 Å². The summed E-state index contributed by atoms with van der Waals surface area (Å²) in [6, 6.07) is 13.0. The second-order valence-corrected chi connectivity index (χ2v) is 8.73. The molecule has 5 rings (SSSR count). The molecule has 0 unspecified atom stereocenters. The molecule has 0 saturated heterocycles. The van der Waals surface area contributed by atoms with Crippen molar-refractivity contribution in [2.45, 2.75) is 13.5 Å². The van der Waals surface area contributed by atoms with Crippen molar-refractivity contribution in [2.24, 2.45) is 10.2 Å². The first kappa shape index (κ1) is 21.4. The summed E-state index contributed by atoms with van der Waals surface area (Å²) in [6.07, 6.45) is 3.11. The molecule has 2 aliphatic rings. The summed E-state index contributed by atoms with van der Waals surface area (Å²) in [4.78, 5) is 38.0. The number of carbonyl (C=O) groups excluding carboxylic acids is 2. The SMILES string of the molecule is CCN1C(=O)/C(=N\N=C2/C(=O)N(Cc3ccccc3)c3ncc(Br)cc32)c2cc(Cl)cnc21. The minimum atomic E-state index is -0.342. The van der Waals surface area contributed by atoms with Gasteiger partial charge in [-0.15, -0.1) is 10.2 Å². The number of likely N-dealkylation sites (N-methyl/N-ethyl adjacent to an activating group) is 1. The van der Waals surface area contributed by atoms with E-state index in [1.807, 2.05) is 37.3 Å². The van der Waals surface area contributed by atoms with Gasteiger partial charge < -0.3 is 0 Å². The number of benzene rings is 1. The summed E-state index contributed by atoms with van der Waals surface area (Å²) in [7, 11) is 0. The van der Waals surface area contributed by atoms with Crippen LogP contribution < -0.4 is 9.80 Å². The van der Waals surface area contributed by atoms with Gasteiger partial charge in [-0.05, 0) is 40.5 Å². The van der Waals surface area contributed by atoms with E-state index in [0.29, 0.717) is 45.3 Å². The van der Waals surface area contributed by atoms with Crippen molar-refractivity contribution >= 4 is 62.4 Å². The zero-order valence-corrected chi connectivity index (χ0v) is 19.7. The van der Waals surface area contributed by atoms with Crippen LogP contribution in [0.2, 0.25) is 5.02 Å². The Bertz CT molecular complexity index is 1360. The molecule has 3 aromatic rings. The van der Waals surface area contributed by atoms with Gasteiger partial charge in [-0.3, -0.25) is 19.4 Å². The Morgan fingerprint density at radius 3 is 2.21 bits per heavy atom. The van der Waals surface area contributed by atoms with Crippen LogP contribution in [0.15, 0.2) is 69.5 Å². The van der Waals surface area contributed by atoms with Crippen molar-refractivity contribution in [3.63, 3.8) is 0 Å². The molecule has 0 spiro atoms. The van der Waals surface area contributed by atoms with E-state index in [4.69, 9.17) is 11.6 Å². The smallest absolute Gasteiger partial charge is 0.281 e. The molecule has 2 aromatic heterocycles. The van der Waals surface area contributed by atoms with Crippen molar-refractivity contribution in [1.82, 2.24) is 9.97 Å². The first-order valence-corrected chi connectivity index (χ1v) is 11.3. The number of fused-ring (bicyclic) bond motifs is 2. The molecular formula is C23H16BrClN6O2. The van der Waals surface area contributed by atoms with Crippen LogP contribution in [0.5, 0.6) is 0 Å². The number of rotatable bonds is 4. The summed E-state index contributed by atoms with van der Waals surface area (Å²) in [5.41, 5.74) is 2.18. The van der Waals surface area contributed by atoms with Crippen LogP contribution >= 0.6 is 27.5 Å². The summed E-state index contributed by atoms with van der Waals surface area (Å²) >= 11 is 9.51. The van der Waals surface area contributed by atoms with Gasteiger partial charge in [-0.25, -0.2) is 9.97 Å². The van der Waals surface area contributed by atoms with E-state index in [2.05, 4.69) is 36.1 Å². The number of amides is 2. The highest BCUT2D eigenvalue weighted by atomic mass is 79.9. The van der Waals surface area contributed by atoms with Gasteiger partial charge >= 0.3 is 0 Å². The third kappa shape index (κ3) is 3.73. The maximum absolute atomic E-state index is 13.3. The van der Waals surface area contributed by atoms with Crippen LogP contribution in [0.25, 0.3) is 0 Å². The Labute approximate surface area is 202 Å². The van der Waals surface area contributed by atoms with Crippen LogP contribution in [-0.4, -0.2) is 39.8 Å². The lowest BCUT2D eigenvalue weighted by Gasteiger charge is -2.15. The average molecular weight is 524 g/mol. The van der Waals surface area contributed by atoms with E-state index in [-0.39, 0.29) is 23.2 Å². The lowest BCUT2D eigenvalue weighted by molar-refractivity contribution is -0.113. The lowest BCUT2D eigenvalue weighted by atomic mass is 10.2. The zero-order valence-electron chi connectivity index (χ0n) is 17.4. The highest BCUT2D eigenvalue weighted by Crippen LogP contribution is 2.32. The van der Waals surface area contributed by atoms with E-state index >= 15 is 0 Å². The summed E-state index contributed by atoms with van der Waals surface area (Å²) < 4.78 is 0.700. The largest absolute Gasteiger partial charge is 0.291 e. The number of carbonyl (C=O) groups is 2. The average Bonchev–Trinajstić information content (AvgIpc) is 3.22. The van der Waals surface area contributed by atoms with E-state index in [1.165, 1.54) is 11.1 Å². The predicted octanol–water partition coefficient (Wildman–Crippen LogP) is 4.00. The summed E-state index contributed by atoms with van der Waals surface area (Å²) in [6.45, 7) is 2.59. The monoisotopic (exact) mass is 522 g/mol. The third-order valence-electron chi connectivity index (χ3n) is 5.33. The number of pyridine rings is 2. The number of hydrogen-bond acceptors (Lipinski definition) is 6. The maximum Gasteiger partial charge on any atom is 0.281 e. The molecule has 0 aliphatic carbocycles. The number of anilines is 2. The lowest BCUT2D eigenvalue weighted by Crippen LogP contribution is -2.31. The molecule has 164 valence electrons.